The largest absolute Gasteiger partial charge is 0.300 e. The van der Waals surface area contributed by atoms with Gasteiger partial charge in [-0.1, -0.05) is 12.1 Å². The average molecular weight is 404 g/mol. The fourth-order valence-corrected chi connectivity index (χ4v) is 5.81. The van der Waals surface area contributed by atoms with Crippen LogP contribution in [0.15, 0.2) is 85.7 Å². The second kappa shape index (κ2) is 6.91. The number of hydrogen-bond acceptors (Lipinski definition) is 5. The van der Waals surface area contributed by atoms with Crippen LogP contribution in [0, 0.1) is 0 Å². The van der Waals surface area contributed by atoms with Gasteiger partial charge in [0.2, 0.25) is 0 Å². The van der Waals surface area contributed by atoms with Gasteiger partial charge in [0, 0.05) is 67.3 Å². The van der Waals surface area contributed by atoms with Gasteiger partial charge in [-0.2, -0.15) is 0 Å². The van der Waals surface area contributed by atoms with Gasteiger partial charge in [0.05, 0.1) is 11.4 Å². The second-order valence-electron chi connectivity index (χ2n) is 8.28. The van der Waals surface area contributed by atoms with Crippen molar-refractivity contribution in [3.8, 4) is 11.4 Å². The van der Waals surface area contributed by atoms with Crippen LogP contribution in [0.1, 0.15) is 46.9 Å². The third-order valence-electron chi connectivity index (χ3n) is 6.91. The smallest absolute Gasteiger partial charge is 0.134 e. The molecule has 2 atom stereocenters. The van der Waals surface area contributed by atoms with E-state index < -0.39 is 5.41 Å². The van der Waals surface area contributed by atoms with Crippen LogP contribution in [0.25, 0.3) is 11.4 Å². The lowest BCUT2D eigenvalue weighted by Crippen LogP contribution is -2.45. The lowest BCUT2D eigenvalue weighted by molar-refractivity contribution is -0.122. The molecule has 1 saturated carbocycles. The first kappa shape index (κ1) is 18.1. The van der Waals surface area contributed by atoms with Gasteiger partial charge < -0.3 is 0 Å². The zero-order valence-electron chi connectivity index (χ0n) is 16.8. The first-order valence-electron chi connectivity index (χ1n) is 10.5. The highest BCUT2D eigenvalue weighted by Gasteiger charge is 2.58. The Morgan fingerprint density at radius 2 is 1.10 bits per heavy atom. The molecule has 4 heterocycles. The molecule has 1 spiro atoms. The van der Waals surface area contributed by atoms with Crippen molar-refractivity contribution < 1.29 is 4.79 Å². The molecule has 5 heteroatoms. The summed E-state index contributed by atoms with van der Waals surface area (Å²) in [5.74, 6) is 0.198. The first-order valence-corrected chi connectivity index (χ1v) is 10.5. The monoisotopic (exact) mass is 404 g/mol. The van der Waals surface area contributed by atoms with E-state index in [4.69, 9.17) is 9.97 Å². The van der Waals surface area contributed by atoms with Crippen LogP contribution < -0.4 is 0 Å². The maximum Gasteiger partial charge on any atom is 0.134 e. The van der Waals surface area contributed by atoms with Crippen molar-refractivity contribution in [1.82, 2.24) is 19.9 Å². The molecule has 0 amide bonds. The van der Waals surface area contributed by atoms with E-state index >= 15 is 0 Å². The summed E-state index contributed by atoms with van der Waals surface area (Å²) >= 11 is 0. The first-order chi connectivity index (χ1) is 15.3. The van der Waals surface area contributed by atoms with E-state index in [1.54, 1.807) is 0 Å². The van der Waals surface area contributed by atoms with E-state index in [-0.39, 0.29) is 17.6 Å². The number of ketones is 1. The molecule has 0 radical (unpaired) electrons. The molecular formula is C26H20N4O. The van der Waals surface area contributed by atoms with Crippen LogP contribution in [-0.2, 0) is 10.2 Å². The number of Topliss-reactive ketones (excluding diaryl/α,β-unsaturated/α-hetero) is 1. The minimum absolute atomic E-state index is 0.0386. The van der Waals surface area contributed by atoms with Crippen LogP contribution in [0.3, 0.4) is 0 Å². The topological polar surface area (TPSA) is 68.6 Å². The highest BCUT2D eigenvalue weighted by Crippen LogP contribution is 2.64. The molecule has 150 valence electrons. The summed E-state index contributed by atoms with van der Waals surface area (Å²) in [5, 5.41) is 0. The van der Waals surface area contributed by atoms with Crippen LogP contribution in [0.5, 0.6) is 0 Å². The molecule has 2 aliphatic carbocycles. The molecule has 6 rings (SSSR count). The molecule has 2 aliphatic rings. The van der Waals surface area contributed by atoms with Crippen molar-refractivity contribution in [2.45, 2.75) is 30.1 Å². The van der Waals surface area contributed by atoms with Gasteiger partial charge in [-0.05, 0) is 58.7 Å². The molecule has 0 N–H and O–H groups in total. The summed E-state index contributed by atoms with van der Waals surface area (Å²) in [6.45, 7) is 0. The molecule has 0 saturated heterocycles. The SMILES string of the molecule is O=C1CC(c2ccncc2)C2(c3cccnc3-c3ncccc32)C(c2ccncc2)C1. The minimum Gasteiger partial charge on any atom is -0.300 e. The zero-order valence-corrected chi connectivity index (χ0v) is 16.8. The van der Waals surface area contributed by atoms with Crippen molar-refractivity contribution in [3.63, 3.8) is 0 Å². The van der Waals surface area contributed by atoms with Crippen molar-refractivity contribution in [2.24, 2.45) is 0 Å². The Morgan fingerprint density at radius 1 is 0.645 bits per heavy atom. The maximum atomic E-state index is 13.1. The number of carbonyl (C=O) groups excluding carboxylic acids is 1. The Labute approximate surface area is 180 Å². The maximum absolute atomic E-state index is 13.1. The van der Waals surface area contributed by atoms with E-state index in [0.717, 1.165) is 33.6 Å². The van der Waals surface area contributed by atoms with E-state index in [1.165, 1.54) is 0 Å². The summed E-state index contributed by atoms with van der Waals surface area (Å²) in [5.41, 5.74) is 5.95. The van der Waals surface area contributed by atoms with Crippen molar-refractivity contribution in [2.75, 3.05) is 0 Å². The summed E-state index contributed by atoms with van der Waals surface area (Å²) in [4.78, 5) is 31.1. The molecule has 31 heavy (non-hydrogen) atoms. The van der Waals surface area contributed by atoms with Crippen molar-refractivity contribution >= 4 is 5.78 Å². The molecule has 4 aromatic heterocycles. The quantitative estimate of drug-likeness (QED) is 0.493. The average Bonchev–Trinajstić information content (AvgIpc) is 3.13. The number of aromatic nitrogens is 4. The molecule has 4 aromatic rings. The Bertz CT molecular complexity index is 1170. The van der Waals surface area contributed by atoms with E-state index in [9.17, 15) is 4.79 Å². The summed E-state index contributed by atoms with van der Waals surface area (Å²) in [6.07, 6.45) is 11.9. The number of nitrogens with zero attached hydrogens (tertiary/aromatic N) is 4. The third kappa shape index (κ3) is 2.53. The molecule has 5 nitrogen and oxygen atoms in total. The number of carbonyl (C=O) groups is 1. The molecule has 0 aliphatic heterocycles. The molecular weight excluding hydrogens is 384 g/mol. The highest BCUT2D eigenvalue weighted by molar-refractivity contribution is 5.87. The molecule has 2 unspecified atom stereocenters. The third-order valence-corrected chi connectivity index (χ3v) is 6.91. The predicted octanol–water partition coefficient (Wildman–Crippen LogP) is 4.46. The van der Waals surface area contributed by atoms with Crippen molar-refractivity contribution in [1.29, 1.82) is 0 Å². The Balaban J connectivity index is 1.73. The number of pyridine rings is 4. The fraction of sp³-hybridized carbons (Fsp3) is 0.192. The normalized spacial score (nSPS) is 21.0. The number of fused-ring (bicyclic) bond motifs is 5. The van der Waals surface area contributed by atoms with Gasteiger partial charge >= 0.3 is 0 Å². The minimum atomic E-state index is -0.441. The summed E-state index contributed by atoms with van der Waals surface area (Å²) < 4.78 is 0. The fourth-order valence-electron chi connectivity index (χ4n) is 5.81. The molecule has 1 fully saturated rings. The second-order valence-corrected chi connectivity index (χ2v) is 8.28. The summed E-state index contributed by atoms with van der Waals surface area (Å²) in [6, 6.07) is 16.5. The van der Waals surface area contributed by atoms with Crippen LogP contribution in [0.2, 0.25) is 0 Å². The lowest BCUT2D eigenvalue weighted by Gasteiger charge is -2.48. The highest BCUT2D eigenvalue weighted by atomic mass is 16.1. The molecule has 0 bridgehead atoms. The Hall–Kier alpha value is -3.73. The zero-order chi connectivity index (χ0) is 20.8. The Kier molecular flexibility index (Phi) is 4.03. The van der Waals surface area contributed by atoms with E-state index in [1.807, 2.05) is 73.6 Å². The summed E-state index contributed by atoms with van der Waals surface area (Å²) in [7, 11) is 0. The van der Waals surface area contributed by atoms with Crippen LogP contribution in [-0.4, -0.2) is 25.7 Å². The number of rotatable bonds is 2. The van der Waals surface area contributed by atoms with Crippen LogP contribution >= 0.6 is 0 Å². The lowest BCUT2D eigenvalue weighted by atomic mass is 9.52. The van der Waals surface area contributed by atoms with Crippen molar-refractivity contribution in [3.05, 3.63) is 108 Å². The van der Waals surface area contributed by atoms with Gasteiger partial charge in [0.15, 0.2) is 0 Å². The Morgan fingerprint density at radius 3 is 1.55 bits per heavy atom. The van der Waals surface area contributed by atoms with Crippen LogP contribution in [0.4, 0.5) is 0 Å². The van der Waals surface area contributed by atoms with Gasteiger partial charge in [-0.15, -0.1) is 0 Å². The standard InChI is InChI=1S/C26H20N4O/c31-19-15-22(17-5-11-27-12-6-17)26(23(16-19)18-7-13-28-14-8-18)20-3-1-9-29-24(20)25-21(26)4-2-10-30-25/h1-14,22-23H,15-16H2. The van der Waals surface area contributed by atoms with E-state index in [2.05, 4.69) is 22.1 Å². The van der Waals surface area contributed by atoms with Gasteiger partial charge in [-0.25, -0.2) is 0 Å². The molecule has 0 aromatic carbocycles. The predicted molar refractivity (Wildman–Crippen MR) is 116 cm³/mol. The van der Waals surface area contributed by atoms with Gasteiger partial charge in [0.25, 0.3) is 0 Å². The van der Waals surface area contributed by atoms with Gasteiger partial charge in [-0.3, -0.25) is 24.7 Å². The van der Waals surface area contributed by atoms with Gasteiger partial charge in [0.1, 0.15) is 5.78 Å². The number of hydrogen-bond donors (Lipinski definition) is 0. The van der Waals surface area contributed by atoms with E-state index in [0.29, 0.717) is 12.8 Å².